The number of hydrogen-bond donors (Lipinski definition) is 0. The van der Waals surface area contributed by atoms with E-state index in [4.69, 9.17) is 11.6 Å². The van der Waals surface area contributed by atoms with Crippen LogP contribution in [0.4, 0.5) is 0 Å². The Bertz CT molecular complexity index is 422. The van der Waals surface area contributed by atoms with Crippen molar-refractivity contribution >= 4 is 40.1 Å². The summed E-state index contributed by atoms with van der Waals surface area (Å²) in [4.78, 5) is 14.4. The molecule has 1 aliphatic heterocycles. The summed E-state index contributed by atoms with van der Waals surface area (Å²) in [6.07, 6.45) is 3.30. The van der Waals surface area contributed by atoms with E-state index in [1.165, 1.54) is 6.42 Å². The van der Waals surface area contributed by atoms with Crippen LogP contribution in [0.1, 0.15) is 29.6 Å². The number of amides is 1. The zero-order valence-corrected chi connectivity index (χ0v) is 13.2. The lowest BCUT2D eigenvalue weighted by molar-refractivity contribution is 0.0671. The molecule has 1 aromatic carbocycles. The van der Waals surface area contributed by atoms with Gasteiger partial charge in [0.2, 0.25) is 0 Å². The zero-order valence-electron chi connectivity index (χ0n) is 10.2. The molecule has 1 aliphatic rings. The molecular formula is C14H17ClINO. The molecule has 0 aliphatic carbocycles. The van der Waals surface area contributed by atoms with Crippen LogP contribution >= 0.6 is 34.2 Å². The lowest BCUT2D eigenvalue weighted by Crippen LogP contribution is -2.40. The fourth-order valence-corrected chi connectivity index (χ4v) is 3.30. The molecule has 1 unspecified atom stereocenters. The van der Waals surface area contributed by atoms with Crippen molar-refractivity contribution in [1.82, 2.24) is 4.90 Å². The number of alkyl halides is 1. The topological polar surface area (TPSA) is 20.3 Å². The standard InChI is InChI=1S/C14H17ClINO/c15-7-6-11-3-2-8-17(10-11)14(18)12-4-1-5-13(16)9-12/h1,4-5,9,11H,2-3,6-8,10H2. The first kappa shape index (κ1) is 14.1. The number of carbonyl (C=O) groups excluding carboxylic acids is 1. The molecule has 1 saturated heterocycles. The zero-order chi connectivity index (χ0) is 13.0. The first-order valence-electron chi connectivity index (χ1n) is 6.31. The molecule has 0 N–H and O–H groups in total. The Hall–Kier alpha value is -0.290. The molecule has 1 amide bonds. The lowest BCUT2D eigenvalue weighted by atomic mass is 9.95. The van der Waals surface area contributed by atoms with Gasteiger partial charge in [0.05, 0.1) is 0 Å². The predicted molar refractivity (Wildman–Crippen MR) is 83.1 cm³/mol. The molecule has 2 nitrogen and oxygen atoms in total. The van der Waals surface area contributed by atoms with Crippen LogP contribution in [0.2, 0.25) is 0 Å². The van der Waals surface area contributed by atoms with E-state index in [9.17, 15) is 4.79 Å². The third kappa shape index (κ3) is 3.60. The molecule has 2 rings (SSSR count). The first-order chi connectivity index (χ1) is 8.70. The van der Waals surface area contributed by atoms with E-state index in [0.717, 1.165) is 35.1 Å². The Labute approximate surface area is 127 Å². The number of nitrogens with zero attached hydrogens (tertiary/aromatic N) is 1. The van der Waals surface area contributed by atoms with Crippen molar-refractivity contribution in [3.8, 4) is 0 Å². The van der Waals surface area contributed by atoms with Crippen molar-refractivity contribution in [2.75, 3.05) is 19.0 Å². The second kappa shape index (κ2) is 6.75. The van der Waals surface area contributed by atoms with Crippen molar-refractivity contribution in [3.05, 3.63) is 33.4 Å². The summed E-state index contributed by atoms with van der Waals surface area (Å²) >= 11 is 8.03. The summed E-state index contributed by atoms with van der Waals surface area (Å²) < 4.78 is 1.10. The second-order valence-corrected chi connectivity index (χ2v) is 6.37. The number of piperidine rings is 1. The van der Waals surface area contributed by atoms with Crippen LogP contribution in [0.5, 0.6) is 0 Å². The fraction of sp³-hybridized carbons (Fsp3) is 0.500. The van der Waals surface area contributed by atoms with E-state index in [-0.39, 0.29) is 5.91 Å². The van der Waals surface area contributed by atoms with Gasteiger partial charge in [0.15, 0.2) is 0 Å². The number of likely N-dealkylation sites (tertiary alicyclic amines) is 1. The van der Waals surface area contributed by atoms with Crippen LogP contribution in [-0.2, 0) is 0 Å². The average Bonchev–Trinajstić information content (AvgIpc) is 2.39. The maximum atomic E-state index is 12.4. The summed E-state index contributed by atoms with van der Waals surface area (Å²) in [6.45, 7) is 1.74. The highest BCUT2D eigenvalue weighted by molar-refractivity contribution is 14.1. The molecule has 0 radical (unpaired) electrons. The summed E-state index contributed by atoms with van der Waals surface area (Å²) in [7, 11) is 0. The number of rotatable bonds is 3. The normalized spacial score (nSPS) is 19.9. The SMILES string of the molecule is O=C(c1cccc(I)c1)N1CCCC(CCCl)C1. The van der Waals surface area contributed by atoms with Crippen molar-refractivity contribution in [3.63, 3.8) is 0 Å². The molecule has 0 spiro atoms. The summed E-state index contributed by atoms with van der Waals surface area (Å²) in [5.41, 5.74) is 0.799. The van der Waals surface area contributed by atoms with Gasteiger partial charge in [-0.1, -0.05) is 6.07 Å². The second-order valence-electron chi connectivity index (χ2n) is 4.75. The van der Waals surface area contributed by atoms with Gasteiger partial charge in [-0.2, -0.15) is 0 Å². The minimum absolute atomic E-state index is 0.160. The van der Waals surface area contributed by atoms with Gasteiger partial charge in [0, 0.05) is 28.1 Å². The van der Waals surface area contributed by atoms with Crippen LogP contribution < -0.4 is 0 Å². The van der Waals surface area contributed by atoms with E-state index < -0.39 is 0 Å². The van der Waals surface area contributed by atoms with Gasteiger partial charge in [-0.05, 0) is 66.0 Å². The van der Waals surface area contributed by atoms with Crippen LogP contribution in [0.15, 0.2) is 24.3 Å². The summed E-state index contributed by atoms with van der Waals surface area (Å²) in [6, 6.07) is 7.79. The molecule has 1 atom stereocenters. The maximum absolute atomic E-state index is 12.4. The Morgan fingerprint density at radius 2 is 2.33 bits per heavy atom. The van der Waals surface area contributed by atoms with Crippen molar-refractivity contribution in [2.45, 2.75) is 19.3 Å². The lowest BCUT2D eigenvalue weighted by Gasteiger charge is -2.32. The van der Waals surface area contributed by atoms with Gasteiger partial charge in [0.1, 0.15) is 0 Å². The minimum Gasteiger partial charge on any atom is -0.338 e. The number of halogens is 2. The highest BCUT2D eigenvalue weighted by atomic mass is 127. The van der Waals surface area contributed by atoms with Crippen LogP contribution in [0.3, 0.4) is 0 Å². The van der Waals surface area contributed by atoms with E-state index in [0.29, 0.717) is 11.8 Å². The Morgan fingerprint density at radius 3 is 3.06 bits per heavy atom. The van der Waals surface area contributed by atoms with Gasteiger partial charge < -0.3 is 4.90 Å². The molecule has 1 aromatic rings. The van der Waals surface area contributed by atoms with E-state index in [1.54, 1.807) is 0 Å². The Kier molecular flexibility index (Phi) is 5.30. The smallest absolute Gasteiger partial charge is 0.253 e. The van der Waals surface area contributed by atoms with Crippen molar-refractivity contribution in [1.29, 1.82) is 0 Å². The van der Waals surface area contributed by atoms with Crippen LogP contribution in [0, 0.1) is 9.49 Å². The van der Waals surface area contributed by atoms with Crippen molar-refractivity contribution in [2.24, 2.45) is 5.92 Å². The highest BCUT2D eigenvalue weighted by Crippen LogP contribution is 2.22. The summed E-state index contributed by atoms with van der Waals surface area (Å²) in [5, 5.41) is 0. The monoisotopic (exact) mass is 377 g/mol. The van der Waals surface area contributed by atoms with E-state index in [2.05, 4.69) is 22.6 Å². The number of carbonyl (C=O) groups is 1. The molecule has 0 saturated carbocycles. The maximum Gasteiger partial charge on any atom is 0.253 e. The largest absolute Gasteiger partial charge is 0.338 e. The minimum atomic E-state index is 0.160. The van der Waals surface area contributed by atoms with Crippen molar-refractivity contribution < 1.29 is 4.79 Å². The third-order valence-electron chi connectivity index (χ3n) is 3.40. The van der Waals surface area contributed by atoms with E-state index >= 15 is 0 Å². The van der Waals surface area contributed by atoms with Gasteiger partial charge in [-0.3, -0.25) is 4.79 Å². The average molecular weight is 378 g/mol. The number of benzene rings is 1. The molecule has 98 valence electrons. The molecule has 1 heterocycles. The molecule has 18 heavy (non-hydrogen) atoms. The van der Waals surface area contributed by atoms with Gasteiger partial charge in [0.25, 0.3) is 5.91 Å². The molecular weight excluding hydrogens is 361 g/mol. The molecule has 0 aromatic heterocycles. The molecule has 4 heteroatoms. The number of hydrogen-bond acceptors (Lipinski definition) is 1. The molecule has 0 bridgehead atoms. The molecule has 1 fully saturated rings. The van der Waals surface area contributed by atoms with Gasteiger partial charge in [-0.25, -0.2) is 0 Å². The summed E-state index contributed by atoms with van der Waals surface area (Å²) in [5.74, 6) is 1.42. The van der Waals surface area contributed by atoms with Gasteiger partial charge >= 0.3 is 0 Å². The first-order valence-corrected chi connectivity index (χ1v) is 7.93. The predicted octanol–water partition coefficient (Wildman–Crippen LogP) is 3.77. The Balaban J connectivity index is 2.04. The Morgan fingerprint density at radius 1 is 1.50 bits per heavy atom. The highest BCUT2D eigenvalue weighted by Gasteiger charge is 2.24. The fourth-order valence-electron chi connectivity index (χ4n) is 2.44. The third-order valence-corrected chi connectivity index (χ3v) is 4.28. The van der Waals surface area contributed by atoms with Crippen LogP contribution in [-0.4, -0.2) is 29.8 Å². The quantitative estimate of drug-likeness (QED) is 0.580. The van der Waals surface area contributed by atoms with E-state index in [1.807, 2.05) is 29.2 Å². The van der Waals surface area contributed by atoms with Gasteiger partial charge in [-0.15, -0.1) is 11.6 Å². The van der Waals surface area contributed by atoms with Crippen LogP contribution in [0.25, 0.3) is 0 Å².